The van der Waals surface area contributed by atoms with Gasteiger partial charge in [-0.05, 0) is 30.8 Å². The van der Waals surface area contributed by atoms with Crippen LogP contribution in [-0.4, -0.2) is 52.6 Å². The Morgan fingerprint density at radius 1 is 1.24 bits per heavy atom. The maximum absolute atomic E-state index is 12.8. The van der Waals surface area contributed by atoms with E-state index in [0.717, 1.165) is 12.8 Å². The number of nitrogens with one attached hydrogen (secondary N) is 1. The lowest BCUT2D eigenvalue weighted by molar-refractivity contribution is -0.130. The Balaban J connectivity index is 2.13. The number of nitrogens with zero attached hydrogens (tertiary/aromatic N) is 3. The number of aromatic hydroxyl groups is 1. The summed E-state index contributed by atoms with van der Waals surface area (Å²) in [5.74, 6) is 0.643. The largest absolute Gasteiger partial charge is 0.494 e. The molecule has 3 rings (SSSR count). The van der Waals surface area contributed by atoms with Crippen molar-refractivity contribution in [2.45, 2.75) is 45.7 Å². The van der Waals surface area contributed by atoms with Gasteiger partial charge in [-0.2, -0.15) is 5.10 Å². The van der Waals surface area contributed by atoms with Crippen LogP contribution in [0.2, 0.25) is 0 Å². The second kappa shape index (κ2) is 10.1. The molecule has 1 aromatic heterocycles. The number of amides is 1. The summed E-state index contributed by atoms with van der Waals surface area (Å²) in [5.41, 5.74) is 0.324. The fourth-order valence-corrected chi connectivity index (χ4v) is 4.19. The molecule has 0 radical (unpaired) electrons. The molecule has 33 heavy (non-hydrogen) atoms. The number of unbranched alkanes of at least 4 members (excludes halogenated alkanes) is 1. The molecule has 0 saturated heterocycles. The molecule has 0 fully saturated rings. The summed E-state index contributed by atoms with van der Waals surface area (Å²) in [6.07, 6.45) is 1.83. The Kier molecular flexibility index (Phi) is 7.42. The topological polar surface area (TPSA) is 118 Å². The number of carbonyl (C=O) groups excluding carboxylic acids is 1. The van der Waals surface area contributed by atoms with Crippen molar-refractivity contribution < 1.29 is 24.1 Å². The number of aromatic amines is 1. The van der Waals surface area contributed by atoms with E-state index < -0.39 is 11.6 Å². The van der Waals surface area contributed by atoms with E-state index in [4.69, 9.17) is 26.4 Å². The van der Waals surface area contributed by atoms with Crippen LogP contribution in [0.5, 0.6) is 23.1 Å². The maximum atomic E-state index is 12.8. The van der Waals surface area contributed by atoms with E-state index in [9.17, 15) is 14.7 Å². The number of benzene rings is 1. The number of methoxy groups -OCH3 is 3. The van der Waals surface area contributed by atoms with Crippen LogP contribution in [0.15, 0.2) is 22.0 Å². The van der Waals surface area contributed by atoms with Crippen LogP contribution in [0.4, 0.5) is 0 Å². The molecule has 0 spiro atoms. The lowest BCUT2D eigenvalue weighted by Gasteiger charge is -2.24. The lowest BCUT2D eigenvalue weighted by Crippen LogP contribution is -2.25. The predicted octanol–water partition coefficient (Wildman–Crippen LogP) is 3.13. The van der Waals surface area contributed by atoms with Gasteiger partial charge in [0.05, 0.1) is 33.1 Å². The fourth-order valence-electron chi connectivity index (χ4n) is 3.92. The van der Waals surface area contributed by atoms with Gasteiger partial charge in [-0.25, -0.2) is 5.01 Å². The van der Waals surface area contributed by atoms with Crippen molar-refractivity contribution in [2.75, 3.05) is 21.3 Å². The van der Waals surface area contributed by atoms with Crippen molar-refractivity contribution in [2.24, 2.45) is 5.10 Å². The second-order valence-corrected chi connectivity index (χ2v) is 7.90. The molecule has 11 heteroatoms. The van der Waals surface area contributed by atoms with Gasteiger partial charge >= 0.3 is 0 Å². The molecule has 1 amide bonds. The molecule has 178 valence electrons. The Morgan fingerprint density at radius 3 is 2.52 bits per heavy atom. The number of hydrazone groups is 1. The number of ether oxygens (including phenoxy) is 3. The standard InChI is InChI=1S/C22H28N4O6S/c1-6-7-10-25-21(29)17(20(28)23-22(25)33)14-11-15(26(24-14)12(2)27)13-8-9-16(30-3)19(32-5)18(13)31-4/h8-9,15,29H,6-7,10-11H2,1-5H3,(H,23,28,33)/t15-/m1/s1. The molecule has 0 unspecified atom stereocenters. The van der Waals surface area contributed by atoms with Crippen molar-refractivity contribution in [3.05, 3.63) is 38.4 Å². The van der Waals surface area contributed by atoms with Gasteiger partial charge in [0.25, 0.3) is 5.56 Å². The highest BCUT2D eigenvalue weighted by molar-refractivity contribution is 7.71. The van der Waals surface area contributed by atoms with E-state index in [-0.39, 0.29) is 34.3 Å². The minimum absolute atomic E-state index is 0.00658. The monoisotopic (exact) mass is 476 g/mol. The summed E-state index contributed by atoms with van der Waals surface area (Å²) in [5, 5.41) is 16.6. The first kappa shape index (κ1) is 24.3. The third-order valence-electron chi connectivity index (χ3n) is 5.52. The van der Waals surface area contributed by atoms with Crippen LogP contribution in [0, 0.1) is 4.77 Å². The number of carbonyl (C=O) groups is 1. The Morgan fingerprint density at radius 2 is 1.94 bits per heavy atom. The first-order valence-electron chi connectivity index (χ1n) is 10.5. The summed E-state index contributed by atoms with van der Waals surface area (Å²) in [4.78, 5) is 27.8. The van der Waals surface area contributed by atoms with E-state index in [1.807, 2.05) is 6.92 Å². The van der Waals surface area contributed by atoms with Gasteiger partial charge in [0.2, 0.25) is 17.5 Å². The third kappa shape index (κ3) is 4.45. The molecule has 1 aliphatic heterocycles. The quantitative estimate of drug-likeness (QED) is 0.562. The van der Waals surface area contributed by atoms with E-state index in [2.05, 4.69) is 10.1 Å². The normalized spacial score (nSPS) is 15.4. The molecule has 1 aromatic carbocycles. The highest BCUT2D eigenvalue weighted by atomic mass is 32.1. The first-order chi connectivity index (χ1) is 15.8. The number of H-pyrrole nitrogens is 1. The smallest absolute Gasteiger partial charge is 0.264 e. The molecule has 2 heterocycles. The van der Waals surface area contributed by atoms with Crippen LogP contribution in [0.3, 0.4) is 0 Å². The molecule has 0 saturated carbocycles. The highest BCUT2D eigenvalue weighted by Gasteiger charge is 2.37. The lowest BCUT2D eigenvalue weighted by atomic mass is 9.97. The van der Waals surface area contributed by atoms with E-state index in [1.165, 1.54) is 37.8 Å². The zero-order chi connectivity index (χ0) is 24.3. The van der Waals surface area contributed by atoms with Crippen LogP contribution in [-0.2, 0) is 11.3 Å². The van der Waals surface area contributed by atoms with Crippen molar-refractivity contribution in [3.63, 3.8) is 0 Å². The summed E-state index contributed by atoms with van der Waals surface area (Å²) >= 11 is 5.22. The summed E-state index contributed by atoms with van der Waals surface area (Å²) in [6.45, 7) is 3.84. The molecular formula is C22H28N4O6S. The Hall–Kier alpha value is -3.34. The number of hydrogen-bond donors (Lipinski definition) is 2. The summed E-state index contributed by atoms with van der Waals surface area (Å²) in [6, 6.07) is 2.89. The molecule has 0 bridgehead atoms. The zero-order valence-corrected chi connectivity index (χ0v) is 20.1. The van der Waals surface area contributed by atoms with E-state index in [0.29, 0.717) is 29.4 Å². The van der Waals surface area contributed by atoms with Gasteiger partial charge in [0, 0.05) is 25.5 Å². The number of rotatable bonds is 8. The molecule has 0 aliphatic carbocycles. The van der Waals surface area contributed by atoms with Crippen LogP contribution in [0.25, 0.3) is 0 Å². The number of aromatic nitrogens is 2. The first-order valence-corrected chi connectivity index (χ1v) is 10.9. The van der Waals surface area contributed by atoms with Crippen LogP contribution < -0.4 is 19.8 Å². The van der Waals surface area contributed by atoms with Gasteiger partial charge < -0.3 is 19.3 Å². The SMILES string of the molecule is CCCCn1c(O)c(C2=NN(C(C)=O)[C@@H](c3ccc(OC)c(OC)c3OC)C2)c(=O)[nH]c1=S. The third-order valence-corrected chi connectivity index (χ3v) is 5.84. The molecule has 10 nitrogen and oxygen atoms in total. The van der Waals surface area contributed by atoms with Gasteiger partial charge in [0.1, 0.15) is 5.56 Å². The van der Waals surface area contributed by atoms with Crippen molar-refractivity contribution in [1.29, 1.82) is 0 Å². The molecule has 2 N–H and O–H groups in total. The van der Waals surface area contributed by atoms with E-state index >= 15 is 0 Å². The van der Waals surface area contributed by atoms with Gasteiger partial charge in [0.15, 0.2) is 16.3 Å². The van der Waals surface area contributed by atoms with Crippen LogP contribution >= 0.6 is 12.2 Å². The zero-order valence-electron chi connectivity index (χ0n) is 19.3. The molecular weight excluding hydrogens is 448 g/mol. The van der Waals surface area contributed by atoms with Crippen molar-refractivity contribution in [3.8, 4) is 23.1 Å². The highest BCUT2D eigenvalue weighted by Crippen LogP contribution is 2.46. The molecule has 1 atom stereocenters. The fraction of sp³-hybridized carbons (Fsp3) is 0.455. The summed E-state index contributed by atoms with van der Waals surface area (Å²) in [7, 11) is 4.50. The van der Waals surface area contributed by atoms with Crippen molar-refractivity contribution >= 4 is 23.8 Å². The average molecular weight is 477 g/mol. The predicted molar refractivity (Wildman–Crippen MR) is 125 cm³/mol. The van der Waals surface area contributed by atoms with Gasteiger partial charge in [-0.15, -0.1) is 0 Å². The van der Waals surface area contributed by atoms with E-state index in [1.54, 1.807) is 12.1 Å². The van der Waals surface area contributed by atoms with Gasteiger partial charge in [-0.3, -0.25) is 19.1 Å². The maximum Gasteiger partial charge on any atom is 0.264 e. The van der Waals surface area contributed by atoms with Crippen LogP contribution in [0.1, 0.15) is 50.3 Å². The van der Waals surface area contributed by atoms with Gasteiger partial charge in [-0.1, -0.05) is 13.3 Å². The minimum atomic E-state index is -0.585. The second-order valence-electron chi connectivity index (χ2n) is 7.52. The molecule has 1 aliphatic rings. The summed E-state index contributed by atoms with van der Waals surface area (Å²) < 4.78 is 18.0. The Bertz CT molecular complexity index is 1200. The minimum Gasteiger partial charge on any atom is -0.494 e. The molecule has 2 aromatic rings. The number of hydrogen-bond acceptors (Lipinski definition) is 8. The van der Waals surface area contributed by atoms with Crippen molar-refractivity contribution in [1.82, 2.24) is 14.6 Å². The Labute approximate surface area is 196 Å². The average Bonchev–Trinajstić information content (AvgIpc) is 3.22.